The molecule has 1 amide bonds. The van der Waals surface area contributed by atoms with E-state index in [0.29, 0.717) is 0 Å². The molecule has 34 heavy (non-hydrogen) atoms. The predicted molar refractivity (Wildman–Crippen MR) is 98.9 cm³/mol. The Morgan fingerprint density at radius 1 is 1.03 bits per heavy atom. The van der Waals surface area contributed by atoms with E-state index < -0.39 is 62.5 Å². The summed E-state index contributed by atoms with van der Waals surface area (Å²) in [4.78, 5) is 16.8. The molecule has 0 atom stereocenters. The lowest BCUT2D eigenvalue weighted by molar-refractivity contribution is -0.290. The molecule has 0 bridgehead atoms. The first-order valence-electron chi connectivity index (χ1n) is 9.16. The monoisotopic (exact) mass is 518 g/mol. The Bertz CT molecular complexity index is 1230. The molecule has 186 valence electrons. The average molecular weight is 518 g/mol. The summed E-state index contributed by atoms with van der Waals surface area (Å²) in [6.07, 6.45) is -9.02. The standard InChI is InChI=1S/C19H14F8N2O4S/c1-34(31,32)12-2-3-14(33-9-17(20,21)19(25,26)27)13(5-12)16(30)29-7-10-4-15(18(22,23)24)28-6-11(10)8-29/h2-6H,7-9H2,1H3. The number of carbonyl (C=O) groups is 1. The van der Waals surface area contributed by atoms with Crippen LogP contribution < -0.4 is 4.74 Å². The molecule has 15 heteroatoms. The molecule has 3 rings (SSSR count). The van der Waals surface area contributed by atoms with Crippen molar-refractivity contribution in [2.24, 2.45) is 0 Å². The first-order chi connectivity index (χ1) is 15.4. The number of ether oxygens (including phenoxy) is 1. The van der Waals surface area contributed by atoms with E-state index in [2.05, 4.69) is 9.72 Å². The van der Waals surface area contributed by atoms with Crippen molar-refractivity contribution >= 4 is 15.7 Å². The van der Waals surface area contributed by atoms with Crippen LogP contribution in [0.4, 0.5) is 35.1 Å². The zero-order valence-corrected chi connectivity index (χ0v) is 17.8. The van der Waals surface area contributed by atoms with E-state index in [-0.39, 0.29) is 24.2 Å². The van der Waals surface area contributed by atoms with E-state index in [4.69, 9.17) is 0 Å². The minimum atomic E-state index is -5.94. The van der Waals surface area contributed by atoms with Crippen LogP contribution in [-0.4, -0.2) is 49.2 Å². The highest BCUT2D eigenvalue weighted by Crippen LogP contribution is 2.37. The number of aromatic nitrogens is 1. The van der Waals surface area contributed by atoms with Crippen LogP contribution in [-0.2, 0) is 29.1 Å². The molecule has 1 aliphatic rings. The van der Waals surface area contributed by atoms with Crippen molar-refractivity contribution in [3.05, 3.63) is 52.8 Å². The van der Waals surface area contributed by atoms with Gasteiger partial charge in [0.25, 0.3) is 5.91 Å². The molecule has 0 radical (unpaired) electrons. The van der Waals surface area contributed by atoms with Gasteiger partial charge in [0.2, 0.25) is 0 Å². The van der Waals surface area contributed by atoms with Crippen molar-refractivity contribution < 1.29 is 53.1 Å². The van der Waals surface area contributed by atoms with Crippen LogP contribution in [0.2, 0.25) is 0 Å². The van der Waals surface area contributed by atoms with Gasteiger partial charge in [-0.1, -0.05) is 0 Å². The quantitative estimate of drug-likeness (QED) is 0.554. The predicted octanol–water partition coefficient (Wildman–Crippen LogP) is 4.24. The van der Waals surface area contributed by atoms with Crippen LogP contribution in [0.15, 0.2) is 35.4 Å². The largest absolute Gasteiger partial charge is 0.486 e. The van der Waals surface area contributed by atoms with Crippen LogP contribution in [0.1, 0.15) is 27.2 Å². The molecule has 2 aromatic rings. The Balaban J connectivity index is 1.94. The molecule has 2 heterocycles. The van der Waals surface area contributed by atoms with E-state index in [1.54, 1.807) is 0 Å². The summed E-state index contributed by atoms with van der Waals surface area (Å²) in [6.45, 7) is -2.82. The Hall–Kier alpha value is -2.97. The van der Waals surface area contributed by atoms with Gasteiger partial charge in [0.15, 0.2) is 16.4 Å². The molecule has 1 aromatic carbocycles. The fraction of sp³-hybridized carbons (Fsp3) is 0.368. The summed E-state index contributed by atoms with van der Waals surface area (Å²) < 4.78 is 131. The van der Waals surface area contributed by atoms with E-state index in [1.807, 2.05) is 0 Å². The van der Waals surface area contributed by atoms with Crippen LogP contribution in [0.25, 0.3) is 0 Å². The first-order valence-corrected chi connectivity index (χ1v) is 11.0. The summed E-state index contributed by atoms with van der Waals surface area (Å²) in [5.41, 5.74) is -1.54. The number of carbonyl (C=O) groups excluding carboxylic acids is 1. The molecule has 0 aliphatic carbocycles. The summed E-state index contributed by atoms with van der Waals surface area (Å²) in [7, 11) is -3.93. The molecule has 0 N–H and O–H groups in total. The number of pyridine rings is 1. The highest BCUT2D eigenvalue weighted by Gasteiger charge is 2.58. The smallest absolute Gasteiger partial charge is 0.456 e. The molecule has 6 nitrogen and oxygen atoms in total. The number of alkyl halides is 8. The van der Waals surface area contributed by atoms with Crippen LogP contribution in [0.5, 0.6) is 5.75 Å². The number of rotatable bonds is 5. The van der Waals surface area contributed by atoms with E-state index in [0.717, 1.165) is 41.6 Å². The third-order valence-electron chi connectivity index (χ3n) is 4.82. The van der Waals surface area contributed by atoms with E-state index in [9.17, 15) is 48.3 Å². The third-order valence-corrected chi connectivity index (χ3v) is 5.93. The molecular formula is C19H14F8N2O4S. The first kappa shape index (κ1) is 25.6. The molecule has 0 saturated heterocycles. The molecule has 1 aromatic heterocycles. The summed E-state index contributed by atoms with van der Waals surface area (Å²) in [5.74, 6) is -7.08. The number of hydrogen-bond acceptors (Lipinski definition) is 5. The van der Waals surface area contributed by atoms with Gasteiger partial charge in [0.1, 0.15) is 11.4 Å². The van der Waals surface area contributed by atoms with Crippen LogP contribution in [0.3, 0.4) is 0 Å². The number of benzene rings is 1. The molecular weight excluding hydrogens is 504 g/mol. The van der Waals surface area contributed by atoms with Crippen molar-refractivity contribution in [1.29, 1.82) is 0 Å². The Kier molecular flexibility index (Phi) is 6.30. The fourth-order valence-corrected chi connectivity index (χ4v) is 3.68. The topological polar surface area (TPSA) is 76.6 Å². The SMILES string of the molecule is CS(=O)(=O)c1ccc(OCC(F)(F)C(F)(F)F)c(C(=O)N2Cc3cnc(C(F)(F)F)cc3C2)c1. The van der Waals surface area contributed by atoms with Gasteiger partial charge >= 0.3 is 18.3 Å². The van der Waals surface area contributed by atoms with Gasteiger partial charge in [-0.25, -0.2) is 8.42 Å². The van der Waals surface area contributed by atoms with E-state index in [1.165, 1.54) is 0 Å². The Labute approximate surface area is 187 Å². The lowest BCUT2D eigenvalue weighted by Gasteiger charge is -2.22. The van der Waals surface area contributed by atoms with Crippen LogP contribution >= 0.6 is 0 Å². The molecule has 0 unspecified atom stereocenters. The number of halogens is 8. The Morgan fingerprint density at radius 3 is 2.21 bits per heavy atom. The van der Waals surface area contributed by atoms with Gasteiger partial charge in [-0.2, -0.15) is 35.1 Å². The zero-order valence-electron chi connectivity index (χ0n) is 17.0. The van der Waals surface area contributed by atoms with Crippen molar-refractivity contribution in [2.45, 2.75) is 36.3 Å². The maximum atomic E-state index is 13.3. The van der Waals surface area contributed by atoms with Gasteiger partial charge in [0, 0.05) is 25.5 Å². The number of fused-ring (bicyclic) bond motifs is 1. The second kappa shape index (κ2) is 8.36. The highest BCUT2D eigenvalue weighted by atomic mass is 32.2. The molecule has 0 spiro atoms. The maximum Gasteiger partial charge on any atom is 0.456 e. The minimum Gasteiger partial charge on any atom is -0.486 e. The van der Waals surface area contributed by atoms with Gasteiger partial charge in [0.05, 0.1) is 10.5 Å². The summed E-state index contributed by atoms with van der Waals surface area (Å²) in [6, 6.07) is 3.06. The maximum absolute atomic E-state index is 13.3. The van der Waals surface area contributed by atoms with Crippen molar-refractivity contribution in [1.82, 2.24) is 9.88 Å². The second-order valence-corrected chi connectivity index (χ2v) is 9.43. The van der Waals surface area contributed by atoms with Crippen LogP contribution in [0, 0.1) is 0 Å². The lowest BCUT2D eigenvalue weighted by Crippen LogP contribution is -2.42. The number of nitrogens with zero attached hydrogens (tertiary/aromatic N) is 2. The van der Waals surface area contributed by atoms with Gasteiger partial charge in [-0.05, 0) is 35.4 Å². The average Bonchev–Trinajstić information content (AvgIpc) is 3.13. The minimum absolute atomic E-state index is 0.0843. The highest BCUT2D eigenvalue weighted by molar-refractivity contribution is 7.90. The van der Waals surface area contributed by atoms with Gasteiger partial charge in [-0.3, -0.25) is 9.78 Å². The third kappa shape index (κ3) is 5.23. The van der Waals surface area contributed by atoms with Gasteiger partial charge < -0.3 is 9.64 Å². The lowest BCUT2D eigenvalue weighted by atomic mass is 10.1. The number of sulfone groups is 1. The van der Waals surface area contributed by atoms with E-state index >= 15 is 0 Å². The number of amides is 1. The normalized spacial score (nSPS) is 14.8. The van der Waals surface area contributed by atoms with Crippen molar-refractivity contribution in [3.63, 3.8) is 0 Å². The second-order valence-electron chi connectivity index (χ2n) is 7.42. The summed E-state index contributed by atoms with van der Waals surface area (Å²) >= 11 is 0. The zero-order chi connectivity index (χ0) is 25.7. The fourth-order valence-electron chi connectivity index (χ4n) is 3.03. The van der Waals surface area contributed by atoms with Gasteiger partial charge in [-0.15, -0.1) is 0 Å². The van der Waals surface area contributed by atoms with Crippen molar-refractivity contribution in [2.75, 3.05) is 12.9 Å². The summed E-state index contributed by atoms with van der Waals surface area (Å²) in [5, 5.41) is 0. The molecule has 0 saturated carbocycles. The van der Waals surface area contributed by atoms with Crippen molar-refractivity contribution in [3.8, 4) is 5.75 Å². The molecule has 0 fully saturated rings. The molecule has 1 aliphatic heterocycles. The Morgan fingerprint density at radius 2 is 1.65 bits per heavy atom. The number of hydrogen-bond donors (Lipinski definition) is 0.